The first-order valence-corrected chi connectivity index (χ1v) is 5.82. The molecule has 92 valence electrons. The number of amides is 2. The Morgan fingerprint density at radius 3 is 2.69 bits per heavy atom. The summed E-state index contributed by atoms with van der Waals surface area (Å²) in [5.41, 5.74) is 2.87. The van der Waals surface area contributed by atoms with Gasteiger partial charge in [0, 0.05) is 32.8 Å². The number of carbonyl (C=O) groups is 1. The minimum Gasteiger partial charge on any atom is -0.379 e. The first kappa shape index (κ1) is 11.6. The summed E-state index contributed by atoms with van der Waals surface area (Å²) >= 11 is 0. The van der Waals surface area contributed by atoms with Crippen molar-refractivity contribution >= 4 is 6.03 Å². The number of hydrogen-bond donors (Lipinski definition) is 2. The van der Waals surface area contributed by atoms with Crippen LogP contribution >= 0.6 is 0 Å². The topological polar surface area (TPSA) is 56.8 Å². The second kappa shape index (κ2) is 5.47. The summed E-state index contributed by atoms with van der Waals surface area (Å²) in [5, 5.41) is 4.87. The van der Waals surface area contributed by atoms with Crippen LogP contribution in [0.1, 0.15) is 6.42 Å². The molecular formula is C10H20N4O2. The van der Waals surface area contributed by atoms with E-state index in [9.17, 15) is 4.79 Å². The molecule has 16 heavy (non-hydrogen) atoms. The van der Waals surface area contributed by atoms with E-state index in [-0.39, 0.29) is 12.1 Å². The number of rotatable bonds is 2. The fourth-order valence-corrected chi connectivity index (χ4v) is 1.93. The third kappa shape index (κ3) is 3.33. The summed E-state index contributed by atoms with van der Waals surface area (Å²) in [5.74, 6) is 0. The quantitative estimate of drug-likeness (QED) is 0.652. The summed E-state index contributed by atoms with van der Waals surface area (Å²) in [6.45, 7) is 5.13. The summed E-state index contributed by atoms with van der Waals surface area (Å²) < 4.78 is 5.20. The molecule has 0 aromatic rings. The van der Waals surface area contributed by atoms with E-state index in [1.807, 2.05) is 5.01 Å². The van der Waals surface area contributed by atoms with Crippen LogP contribution in [0.5, 0.6) is 0 Å². The van der Waals surface area contributed by atoms with E-state index in [0.717, 1.165) is 39.2 Å². The molecule has 0 bridgehead atoms. The van der Waals surface area contributed by atoms with Crippen molar-refractivity contribution in [2.75, 3.05) is 46.4 Å². The van der Waals surface area contributed by atoms with E-state index < -0.39 is 0 Å². The van der Waals surface area contributed by atoms with Gasteiger partial charge in [-0.05, 0) is 13.5 Å². The maximum Gasteiger partial charge on any atom is 0.329 e. The molecule has 0 radical (unpaired) electrons. The van der Waals surface area contributed by atoms with Crippen LogP contribution in [0.3, 0.4) is 0 Å². The molecule has 2 aliphatic heterocycles. The number of urea groups is 1. The lowest BCUT2D eigenvalue weighted by Gasteiger charge is -2.32. The largest absolute Gasteiger partial charge is 0.379 e. The molecule has 1 unspecified atom stereocenters. The van der Waals surface area contributed by atoms with Crippen molar-refractivity contribution in [3.8, 4) is 0 Å². The molecule has 0 saturated carbocycles. The second-order valence-corrected chi connectivity index (χ2v) is 4.44. The lowest BCUT2D eigenvalue weighted by atomic mass is 10.3. The Bertz CT molecular complexity index is 235. The predicted octanol–water partition coefficient (Wildman–Crippen LogP) is -0.763. The lowest BCUT2D eigenvalue weighted by molar-refractivity contribution is 0.111. The van der Waals surface area contributed by atoms with Gasteiger partial charge in [0.1, 0.15) is 0 Å². The third-order valence-electron chi connectivity index (χ3n) is 3.03. The van der Waals surface area contributed by atoms with Crippen molar-refractivity contribution in [1.82, 2.24) is 20.7 Å². The standard InChI is InChI=1S/C10H20N4O2/c1-13-3-5-14(6-4-13)12-10(15)11-9-2-7-16-8-9/h9H,2-8H2,1H3,(H2,11,12,15). The number of nitrogens with zero attached hydrogens (tertiary/aromatic N) is 2. The molecule has 2 fully saturated rings. The van der Waals surface area contributed by atoms with Crippen molar-refractivity contribution in [2.24, 2.45) is 0 Å². The van der Waals surface area contributed by atoms with Crippen molar-refractivity contribution in [1.29, 1.82) is 0 Å². The highest BCUT2D eigenvalue weighted by atomic mass is 16.5. The first-order chi connectivity index (χ1) is 7.74. The maximum atomic E-state index is 11.6. The van der Waals surface area contributed by atoms with Crippen LogP contribution in [0.4, 0.5) is 4.79 Å². The highest BCUT2D eigenvalue weighted by molar-refractivity contribution is 5.73. The molecular weight excluding hydrogens is 208 g/mol. The SMILES string of the molecule is CN1CCN(NC(=O)NC2CCOC2)CC1. The minimum atomic E-state index is -0.111. The molecule has 2 aliphatic rings. The van der Waals surface area contributed by atoms with E-state index in [1.54, 1.807) is 0 Å². The Balaban J connectivity index is 1.66. The van der Waals surface area contributed by atoms with Gasteiger partial charge < -0.3 is 15.0 Å². The Morgan fingerprint density at radius 2 is 2.06 bits per heavy atom. The van der Waals surface area contributed by atoms with Gasteiger partial charge in [-0.25, -0.2) is 9.80 Å². The number of ether oxygens (including phenoxy) is 1. The molecule has 2 saturated heterocycles. The molecule has 2 amide bonds. The third-order valence-corrected chi connectivity index (χ3v) is 3.03. The van der Waals surface area contributed by atoms with Gasteiger partial charge in [0.05, 0.1) is 12.6 Å². The summed E-state index contributed by atoms with van der Waals surface area (Å²) in [4.78, 5) is 13.9. The Labute approximate surface area is 95.9 Å². The molecule has 1 atom stereocenters. The smallest absolute Gasteiger partial charge is 0.329 e. The van der Waals surface area contributed by atoms with Gasteiger partial charge >= 0.3 is 6.03 Å². The first-order valence-electron chi connectivity index (χ1n) is 5.82. The lowest BCUT2D eigenvalue weighted by Crippen LogP contribution is -2.56. The average molecular weight is 228 g/mol. The van der Waals surface area contributed by atoms with E-state index in [0.29, 0.717) is 6.61 Å². The molecule has 2 heterocycles. The minimum absolute atomic E-state index is 0.111. The molecule has 2 rings (SSSR count). The number of nitrogens with one attached hydrogen (secondary N) is 2. The molecule has 0 aromatic heterocycles. The van der Waals surface area contributed by atoms with Crippen LogP contribution in [0.15, 0.2) is 0 Å². The average Bonchev–Trinajstić information content (AvgIpc) is 2.74. The summed E-state index contributed by atoms with van der Waals surface area (Å²) in [7, 11) is 2.09. The fourth-order valence-electron chi connectivity index (χ4n) is 1.93. The number of hydrogen-bond acceptors (Lipinski definition) is 4. The zero-order valence-electron chi connectivity index (χ0n) is 9.74. The zero-order chi connectivity index (χ0) is 11.4. The van der Waals surface area contributed by atoms with E-state index in [1.165, 1.54) is 0 Å². The zero-order valence-corrected chi connectivity index (χ0v) is 9.74. The van der Waals surface area contributed by atoms with Crippen LogP contribution in [0.2, 0.25) is 0 Å². The van der Waals surface area contributed by atoms with Crippen molar-refractivity contribution < 1.29 is 9.53 Å². The van der Waals surface area contributed by atoms with Gasteiger partial charge in [-0.15, -0.1) is 0 Å². The fraction of sp³-hybridized carbons (Fsp3) is 0.900. The number of likely N-dealkylation sites (N-methyl/N-ethyl adjacent to an activating group) is 1. The van der Waals surface area contributed by atoms with Crippen LogP contribution in [-0.4, -0.2) is 68.4 Å². The molecule has 0 aromatic carbocycles. The van der Waals surface area contributed by atoms with Gasteiger partial charge in [-0.3, -0.25) is 5.43 Å². The van der Waals surface area contributed by atoms with Crippen LogP contribution in [-0.2, 0) is 4.74 Å². The monoisotopic (exact) mass is 228 g/mol. The second-order valence-electron chi connectivity index (χ2n) is 4.44. The predicted molar refractivity (Wildman–Crippen MR) is 60.0 cm³/mol. The normalized spacial score (nSPS) is 27.9. The van der Waals surface area contributed by atoms with Gasteiger partial charge in [0.15, 0.2) is 0 Å². The van der Waals surface area contributed by atoms with Crippen molar-refractivity contribution in [2.45, 2.75) is 12.5 Å². The van der Waals surface area contributed by atoms with Gasteiger partial charge in [-0.2, -0.15) is 0 Å². The summed E-state index contributed by atoms with van der Waals surface area (Å²) in [6.07, 6.45) is 0.913. The van der Waals surface area contributed by atoms with Crippen LogP contribution in [0, 0.1) is 0 Å². The van der Waals surface area contributed by atoms with Crippen LogP contribution < -0.4 is 10.7 Å². The van der Waals surface area contributed by atoms with E-state index in [2.05, 4.69) is 22.7 Å². The molecule has 6 heteroatoms. The molecule has 6 nitrogen and oxygen atoms in total. The van der Waals surface area contributed by atoms with E-state index in [4.69, 9.17) is 4.74 Å². The molecule has 0 aliphatic carbocycles. The van der Waals surface area contributed by atoms with Gasteiger partial charge in [0.25, 0.3) is 0 Å². The Morgan fingerprint density at radius 1 is 1.31 bits per heavy atom. The highest BCUT2D eigenvalue weighted by Gasteiger charge is 2.20. The maximum absolute atomic E-state index is 11.6. The van der Waals surface area contributed by atoms with Crippen LogP contribution in [0.25, 0.3) is 0 Å². The van der Waals surface area contributed by atoms with Crippen molar-refractivity contribution in [3.63, 3.8) is 0 Å². The molecule has 0 spiro atoms. The highest BCUT2D eigenvalue weighted by Crippen LogP contribution is 2.03. The number of piperazine rings is 1. The van der Waals surface area contributed by atoms with Crippen molar-refractivity contribution in [3.05, 3.63) is 0 Å². The molecule has 2 N–H and O–H groups in total. The van der Waals surface area contributed by atoms with Gasteiger partial charge in [0.2, 0.25) is 0 Å². The Kier molecular flexibility index (Phi) is 3.98. The number of hydrazine groups is 1. The summed E-state index contributed by atoms with van der Waals surface area (Å²) in [6, 6.07) is 0.0625. The van der Waals surface area contributed by atoms with Gasteiger partial charge in [-0.1, -0.05) is 0 Å². The number of carbonyl (C=O) groups excluding carboxylic acids is 1. The van der Waals surface area contributed by atoms with E-state index >= 15 is 0 Å². The Hall–Kier alpha value is -0.850.